The number of benzene rings is 2. The number of halogens is 1. The Morgan fingerprint density at radius 3 is 2.79 bits per heavy atom. The van der Waals surface area contributed by atoms with E-state index in [1.807, 2.05) is 18.2 Å². The van der Waals surface area contributed by atoms with Crippen molar-refractivity contribution in [3.63, 3.8) is 0 Å². The molecule has 176 valence electrons. The first-order chi connectivity index (χ1) is 16.4. The molecule has 0 saturated carbocycles. The van der Waals surface area contributed by atoms with Crippen LogP contribution in [0.1, 0.15) is 11.1 Å². The van der Waals surface area contributed by atoms with E-state index in [9.17, 15) is 9.59 Å². The van der Waals surface area contributed by atoms with Crippen LogP contribution >= 0.6 is 11.6 Å². The third kappa shape index (κ3) is 5.62. The van der Waals surface area contributed by atoms with Crippen LogP contribution in [-0.2, 0) is 20.7 Å². The topological polar surface area (TPSA) is 128 Å². The van der Waals surface area contributed by atoms with Crippen LogP contribution < -0.4 is 11.5 Å². The highest BCUT2D eigenvalue weighted by Crippen LogP contribution is 2.20. The van der Waals surface area contributed by atoms with Crippen molar-refractivity contribution in [1.82, 2.24) is 19.8 Å². The SMILES string of the molecule is Nc1cc(/C=C/C(=O)N2CCN(COCCc3ccc4c(N)ncnc4c3)C(=O)C2)ccc1Cl. The number of nitrogens with zero attached hydrogens (tertiary/aromatic N) is 4. The zero-order chi connectivity index (χ0) is 24.1. The third-order valence-corrected chi connectivity index (χ3v) is 5.93. The van der Waals surface area contributed by atoms with Crippen LogP contribution in [0, 0.1) is 0 Å². The predicted octanol–water partition coefficient (Wildman–Crippen LogP) is 2.35. The molecule has 0 atom stereocenters. The molecular weight excluding hydrogens is 456 g/mol. The minimum Gasteiger partial charge on any atom is -0.398 e. The molecule has 2 aromatic carbocycles. The molecule has 4 rings (SSSR count). The van der Waals surface area contributed by atoms with E-state index in [0.29, 0.717) is 42.6 Å². The monoisotopic (exact) mass is 480 g/mol. The minimum atomic E-state index is -0.233. The number of nitrogen functional groups attached to an aromatic ring is 2. The van der Waals surface area contributed by atoms with Gasteiger partial charge in [-0.3, -0.25) is 9.59 Å². The number of nitrogens with two attached hydrogens (primary N) is 2. The number of fused-ring (bicyclic) bond motifs is 1. The summed E-state index contributed by atoms with van der Waals surface area (Å²) in [5.74, 6) is 0.0684. The fraction of sp³-hybridized carbons (Fsp3) is 0.250. The standard InChI is InChI=1S/C24H25ClN6O3/c25-19-5-2-16(11-20(19)26)3-6-22(32)30-8-9-31(23(33)13-30)15-34-10-7-17-1-4-18-21(12-17)28-14-29-24(18)27/h1-6,11-12,14H,7-10,13,15,26H2,(H2,27,28,29)/b6-3+. The molecule has 9 nitrogen and oxygen atoms in total. The highest BCUT2D eigenvalue weighted by Gasteiger charge is 2.26. The zero-order valence-corrected chi connectivity index (χ0v) is 19.2. The first-order valence-corrected chi connectivity index (χ1v) is 11.1. The maximum Gasteiger partial charge on any atom is 0.247 e. The average Bonchev–Trinajstić information content (AvgIpc) is 2.83. The summed E-state index contributed by atoms with van der Waals surface area (Å²) < 4.78 is 5.71. The molecule has 1 saturated heterocycles. The molecule has 1 aromatic heterocycles. The fourth-order valence-electron chi connectivity index (χ4n) is 3.62. The summed E-state index contributed by atoms with van der Waals surface area (Å²) in [6, 6.07) is 11.0. The van der Waals surface area contributed by atoms with Crippen molar-refractivity contribution >= 4 is 51.9 Å². The van der Waals surface area contributed by atoms with Crippen molar-refractivity contribution in [3.05, 3.63) is 65.0 Å². The Balaban J connectivity index is 1.22. The molecule has 0 spiro atoms. The van der Waals surface area contributed by atoms with Crippen molar-refractivity contribution in [2.24, 2.45) is 0 Å². The first kappa shape index (κ1) is 23.5. The number of ether oxygens (including phenoxy) is 1. The summed E-state index contributed by atoms with van der Waals surface area (Å²) in [6.45, 7) is 1.50. The van der Waals surface area contributed by atoms with Gasteiger partial charge in [0.2, 0.25) is 11.8 Å². The second-order valence-electron chi connectivity index (χ2n) is 7.93. The number of amides is 2. The lowest BCUT2D eigenvalue weighted by molar-refractivity contribution is -0.147. The van der Waals surface area contributed by atoms with Crippen molar-refractivity contribution < 1.29 is 14.3 Å². The molecule has 3 aromatic rings. The first-order valence-electron chi connectivity index (χ1n) is 10.8. The van der Waals surface area contributed by atoms with Crippen LogP contribution in [0.2, 0.25) is 5.02 Å². The number of hydrogen-bond acceptors (Lipinski definition) is 7. The van der Waals surface area contributed by atoms with E-state index >= 15 is 0 Å². The summed E-state index contributed by atoms with van der Waals surface area (Å²) in [5, 5.41) is 1.28. The Kier molecular flexibility index (Phi) is 7.24. The average molecular weight is 481 g/mol. The Labute approximate surface area is 202 Å². The van der Waals surface area contributed by atoms with Crippen LogP contribution in [0.3, 0.4) is 0 Å². The lowest BCUT2D eigenvalue weighted by Gasteiger charge is -2.33. The Morgan fingerprint density at radius 2 is 2.00 bits per heavy atom. The number of aromatic nitrogens is 2. The van der Waals surface area contributed by atoms with Gasteiger partial charge < -0.3 is 26.0 Å². The lowest BCUT2D eigenvalue weighted by atomic mass is 10.1. The second-order valence-corrected chi connectivity index (χ2v) is 8.34. The van der Waals surface area contributed by atoms with Crippen LogP contribution in [0.5, 0.6) is 0 Å². The third-order valence-electron chi connectivity index (χ3n) is 5.58. The molecule has 1 fully saturated rings. The fourth-order valence-corrected chi connectivity index (χ4v) is 3.73. The number of hydrogen-bond donors (Lipinski definition) is 2. The predicted molar refractivity (Wildman–Crippen MR) is 132 cm³/mol. The number of carbonyl (C=O) groups excluding carboxylic acids is 2. The van der Waals surface area contributed by atoms with Gasteiger partial charge in [-0.2, -0.15) is 0 Å². The van der Waals surface area contributed by atoms with Crippen LogP contribution in [0.15, 0.2) is 48.8 Å². The van der Waals surface area contributed by atoms with Gasteiger partial charge in [0, 0.05) is 24.6 Å². The maximum absolute atomic E-state index is 12.5. The van der Waals surface area contributed by atoms with Gasteiger partial charge in [0.15, 0.2) is 0 Å². The Hall–Kier alpha value is -3.69. The van der Waals surface area contributed by atoms with Crippen molar-refractivity contribution in [2.75, 3.05) is 44.4 Å². The molecule has 0 radical (unpaired) electrons. The van der Waals surface area contributed by atoms with Gasteiger partial charge in [-0.15, -0.1) is 0 Å². The number of anilines is 2. The molecule has 1 aliphatic rings. The molecule has 0 bridgehead atoms. The second kappa shape index (κ2) is 10.5. The summed E-state index contributed by atoms with van der Waals surface area (Å²) in [4.78, 5) is 36.3. The lowest BCUT2D eigenvalue weighted by Crippen LogP contribution is -2.52. The van der Waals surface area contributed by atoms with Gasteiger partial charge in [0.05, 0.1) is 22.8 Å². The van der Waals surface area contributed by atoms with E-state index in [4.69, 9.17) is 27.8 Å². The number of piperazine rings is 1. The number of carbonyl (C=O) groups is 2. The van der Waals surface area contributed by atoms with Crippen molar-refractivity contribution in [3.8, 4) is 0 Å². The minimum absolute atomic E-state index is 0.0150. The van der Waals surface area contributed by atoms with Crippen molar-refractivity contribution in [2.45, 2.75) is 6.42 Å². The Morgan fingerprint density at radius 1 is 1.15 bits per heavy atom. The largest absolute Gasteiger partial charge is 0.398 e. The van der Waals surface area contributed by atoms with E-state index in [-0.39, 0.29) is 25.1 Å². The van der Waals surface area contributed by atoms with Crippen LogP contribution in [0.4, 0.5) is 11.5 Å². The smallest absolute Gasteiger partial charge is 0.247 e. The van der Waals surface area contributed by atoms with E-state index in [1.54, 1.807) is 29.2 Å². The van der Waals surface area contributed by atoms with Gasteiger partial charge in [0.1, 0.15) is 25.4 Å². The van der Waals surface area contributed by atoms with E-state index in [0.717, 1.165) is 22.0 Å². The molecule has 1 aliphatic heterocycles. The molecule has 10 heteroatoms. The van der Waals surface area contributed by atoms with E-state index < -0.39 is 0 Å². The highest BCUT2D eigenvalue weighted by atomic mass is 35.5. The molecule has 34 heavy (non-hydrogen) atoms. The molecule has 2 amide bonds. The van der Waals surface area contributed by atoms with Crippen LogP contribution in [0.25, 0.3) is 17.0 Å². The van der Waals surface area contributed by atoms with Crippen LogP contribution in [-0.4, -0.2) is 64.6 Å². The quantitative estimate of drug-likeness (QED) is 0.302. The number of rotatable bonds is 7. The van der Waals surface area contributed by atoms with Gasteiger partial charge in [-0.05, 0) is 47.9 Å². The molecule has 0 unspecified atom stereocenters. The summed E-state index contributed by atoms with van der Waals surface area (Å²) in [5.41, 5.74) is 14.7. The molecular formula is C24H25ClN6O3. The van der Waals surface area contributed by atoms with Gasteiger partial charge in [0.25, 0.3) is 0 Å². The normalized spacial score (nSPS) is 14.3. The summed E-state index contributed by atoms with van der Waals surface area (Å²) in [7, 11) is 0. The van der Waals surface area contributed by atoms with E-state index in [2.05, 4.69) is 9.97 Å². The summed E-state index contributed by atoms with van der Waals surface area (Å²) >= 11 is 5.91. The Bertz CT molecular complexity index is 1250. The van der Waals surface area contributed by atoms with Crippen molar-refractivity contribution in [1.29, 1.82) is 0 Å². The highest BCUT2D eigenvalue weighted by molar-refractivity contribution is 6.33. The molecule has 4 N–H and O–H groups in total. The van der Waals surface area contributed by atoms with Gasteiger partial charge in [-0.25, -0.2) is 9.97 Å². The zero-order valence-electron chi connectivity index (χ0n) is 18.5. The molecule has 0 aliphatic carbocycles. The summed E-state index contributed by atoms with van der Waals surface area (Å²) in [6.07, 6.45) is 5.20. The van der Waals surface area contributed by atoms with Gasteiger partial charge in [-0.1, -0.05) is 23.7 Å². The maximum atomic E-state index is 12.5. The van der Waals surface area contributed by atoms with Gasteiger partial charge >= 0.3 is 0 Å². The van der Waals surface area contributed by atoms with E-state index in [1.165, 1.54) is 17.3 Å². The molecule has 2 heterocycles.